The van der Waals surface area contributed by atoms with Crippen LogP contribution in [0.4, 0.5) is 10.5 Å². The Bertz CT molecular complexity index is 580. The fourth-order valence-electron chi connectivity index (χ4n) is 2.55. The number of amides is 3. The van der Waals surface area contributed by atoms with Crippen LogP contribution in [-0.2, 0) is 4.79 Å². The maximum absolute atomic E-state index is 12.0. The number of ether oxygens (including phenoxy) is 1. The third-order valence-electron chi connectivity index (χ3n) is 3.94. The van der Waals surface area contributed by atoms with E-state index in [1.54, 1.807) is 13.2 Å². The molecule has 25 heavy (non-hydrogen) atoms. The summed E-state index contributed by atoms with van der Waals surface area (Å²) in [6.07, 6.45) is 0. The van der Waals surface area contributed by atoms with Crippen LogP contribution >= 0.6 is 0 Å². The van der Waals surface area contributed by atoms with Crippen molar-refractivity contribution in [3.8, 4) is 5.75 Å². The summed E-state index contributed by atoms with van der Waals surface area (Å²) < 4.78 is 5.22. The first kappa shape index (κ1) is 20.8. The van der Waals surface area contributed by atoms with Gasteiger partial charge in [0.2, 0.25) is 5.91 Å². The van der Waals surface area contributed by atoms with Crippen molar-refractivity contribution < 1.29 is 14.3 Å². The molecule has 0 saturated carbocycles. The number of anilines is 1. The van der Waals surface area contributed by atoms with Gasteiger partial charge in [0, 0.05) is 12.6 Å². The molecule has 0 bridgehead atoms. The van der Waals surface area contributed by atoms with Crippen LogP contribution in [-0.4, -0.2) is 57.2 Å². The van der Waals surface area contributed by atoms with E-state index in [0.29, 0.717) is 23.9 Å². The van der Waals surface area contributed by atoms with Crippen LogP contribution < -0.4 is 20.7 Å². The molecular formula is C18H30N4O3. The van der Waals surface area contributed by atoms with Gasteiger partial charge in [0.25, 0.3) is 0 Å². The van der Waals surface area contributed by atoms with Gasteiger partial charge in [0.1, 0.15) is 5.75 Å². The van der Waals surface area contributed by atoms with Gasteiger partial charge < -0.3 is 25.6 Å². The van der Waals surface area contributed by atoms with E-state index < -0.39 is 0 Å². The lowest BCUT2D eigenvalue weighted by atomic mass is 10.0. The summed E-state index contributed by atoms with van der Waals surface area (Å²) in [6, 6.07) is 5.38. The summed E-state index contributed by atoms with van der Waals surface area (Å²) in [7, 11) is 5.50. The van der Waals surface area contributed by atoms with Crippen LogP contribution in [0.2, 0.25) is 0 Å². The Labute approximate surface area is 150 Å². The van der Waals surface area contributed by atoms with Gasteiger partial charge in [-0.15, -0.1) is 0 Å². The number of hydrogen-bond acceptors (Lipinski definition) is 4. The van der Waals surface area contributed by atoms with E-state index in [1.165, 1.54) is 0 Å². The molecule has 7 heteroatoms. The quantitative estimate of drug-likeness (QED) is 0.668. The number of carbonyl (C=O) groups excluding carboxylic acids is 2. The SMILES string of the molecule is COc1ccc(C)cc1NC(=O)CNC(=O)NC[C@H](C(C)C)N(C)C. The van der Waals surface area contributed by atoms with Crippen molar-refractivity contribution in [2.24, 2.45) is 5.92 Å². The Hall–Kier alpha value is -2.28. The number of nitrogens with one attached hydrogen (secondary N) is 3. The number of nitrogens with zero attached hydrogens (tertiary/aromatic N) is 1. The molecule has 3 N–H and O–H groups in total. The van der Waals surface area contributed by atoms with Crippen molar-refractivity contribution >= 4 is 17.6 Å². The number of rotatable bonds is 8. The first-order valence-corrected chi connectivity index (χ1v) is 8.37. The topological polar surface area (TPSA) is 82.7 Å². The largest absolute Gasteiger partial charge is 0.495 e. The minimum atomic E-state index is -0.362. The van der Waals surface area contributed by atoms with Crippen LogP contribution in [0.25, 0.3) is 0 Å². The Balaban J connectivity index is 2.46. The molecule has 0 aliphatic rings. The Kier molecular flexibility index (Phi) is 8.21. The highest BCUT2D eigenvalue weighted by atomic mass is 16.5. The molecule has 0 aromatic heterocycles. The number of benzene rings is 1. The maximum Gasteiger partial charge on any atom is 0.315 e. The number of hydrogen-bond donors (Lipinski definition) is 3. The van der Waals surface area contributed by atoms with E-state index in [2.05, 4.69) is 34.7 Å². The highest BCUT2D eigenvalue weighted by Gasteiger charge is 2.16. The third-order valence-corrected chi connectivity index (χ3v) is 3.94. The van der Waals surface area contributed by atoms with Crippen LogP contribution in [0, 0.1) is 12.8 Å². The van der Waals surface area contributed by atoms with Gasteiger partial charge in [-0.3, -0.25) is 4.79 Å². The molecule has 7 nitrogen and oxygen atoms in total. The molecule has 0 saturated heterocycles. The van der Waals surface area contributed by atoms with Gasteiger partial charge >= 0.3 is 6.03 Å². The average Bonchev–Trinajstić information content (AvgIpc) is 2.52. The first-order valence-electron chi connectivity index (χ1n) is 8.37. The molecule has 1 aromatic rings. The molecule has 1 aromatic carbocycles. The predicted octanol–water partition coefficient (Wildman–Crippen LogP) is 1.83. The average molecular weight is 350 g/mol. The van der Waals surface area contributed by atoms with Crippen LogP contribution in [0.3, 0.4) is 0 Å². The minimum absolute atomic E-state index is 0.114. The second-order valence-electron chi connectivity index (χ2n) is 6.59. The summed E-state index contributed by atoms with van der Waals surface area (Å²) in [6.45, 7) is 6.54. The second kappa shape index (κ2) is 9.88. The number of carbonyl (C=O) groups is 2. The molecule has 1 atom stereocenters. The van der Waals surface area contributed by atoms with Gasteiger partial charge in [-0.1, -0.05) is 19.9 Å². The van der Waals surface area contributed by atoms with Gasteiger partial charge in [-0.2, -0.15) is 0 Å². The van der Waals surface area contributed by atoms with Gasteiger partial charge in [0.05, 0.1) is 19.3 Å². The van der Waals surface area contributed by atoms with Crippen molar-refractivity contribution in [2.75, 3.05) is 39.6 Å². The Morgan fingerprint density at radius 3 is 2.44 bits per heavy atom. The zero-order valence-electron chi connectivity index (χ0n) is 16.0. The molecule has 0 aliphatic heterocycles. The molecule has 0 fully saturated rings. The van der Waals surface area contributed by atoms with Crippen molar-refractivity contribution in [3.63, 3.8) is 0 Å². The maximum atomic E-state index is 12.0. The third kappa shape index (κ3) is 7.01. The lowest BCUT2D eigenvalue weighted by Crippen LogP contribution is -2.47. The molecule has 0 aliphatic carbocycles. The van der Waals surface area contributed by atoms with Gasteiger partial charge in [-0.05, 0) is 44.6 Å². The molecular weight excluding hydrogens is 320 g/mol. The lowest BCUT2D eigenvalue weighted by Gasteiger charge is -2.28. The number of aryl methyl sites for hydroxylation is 1. The lowest BCUT2D eigenvalue weighted by molar-refractivity contribution is -0.115. The molecule has 0 spiro atoms. The smallest absolute Gasteiger partial charge is 0.315 e. The van der Waals surface area contributed by atoms with Crippen LogP contribution in [0.15, 0.2) is 18.2 Å². The van der Waals surface area contributed by atoms with Crippen molar-refractivity contribution in [1.82, 2.24) is 15.5 Å². The minimum Gasteiger partial charge on any atom is -0.495 e. The summed E-state index contributed by atoms with van der Waals surface area (Å²) in [4.78, 5) is 26.0. The fraction of sp³-hybridized carbons (Fsp3) is 0.556. The number of urea groups is 1. The van der Waals surface area contributed by atoms with Crippen molar-refractivity contribution in [2.45, 2.75) is 26.8 Å². The van der Waals surface area contributed by atoms with E-state index >= 15 is 0 Å². The summed E-state index contributed by atoms with van der Waals surface area (Å²) >= 11 is 0. The van der Waals surface area contributed by atoms with E-state index in [1.807, 2.05) is 33.2 Å². The molecule has 0 heterocycles. The van der Waals surface area contributed by atoms with Crippen LogP contribution in [0.1, 0.15) is 19.4 Å². The molecule has 3 amide bonds. The highest BCUT2D eigenvalue weighted by molar-refractivity contribution is 5.95. The van der Waals surface area contributed by atoms with E-state index in [-0.39, 0.29) is 24.5 Å². The molecule has 0 unspecified atom stereocenters. The van der Waals surface area contributed by atoms with E-state index in [4.69, 9.17) is 4.74 Å². The summed E-state index contributed by atoms with van der Waals surface area (Å²) in [5.74, 6) is 0.675. The predicted molar refractivity (Wildman–Crippen MR) is 100 cm³/mol. The normalized spacial score (nSPS) is 12.0. The zero-order valence-corrected chi connectivity index (χ0v) is 16.0. The Morgan fingerprint density at radius 1 is 1.20 bits per heavy atom. The van der Waals surface area contributed by atoms with E-state index in [9.17, 15) is 9.59 Å². The zero-order chi connectivity index (χ0) is 19.0. The molecule has 140 valence electrons. The second-order valence-corrected chi connectivity index (χ2v) is 6.59. The first-order chi connectivity index (χ1) is 11.7. The van der Waals surface area contributed by atoms with Crippen molar-refractivity contribution in [1.29, 1.82) is 0 Å². The summed E-state index contributed by atoms with van der Waals surface area (Å²) in [5.41, 5.74) is 1.59. The number of methoxy groups -OCH3 is 1. The monoisotopic (exact) mass is 350 g/mol. The molecule has 1 rings (SSSR count). The number of likely N-dealkylation sites (N-methyl/N-ethyl adjacent to an activating group) is 1. The highest BCUT2D eigenvalue weighted by Crippen LogP contribution is 2.24. The fourth-order valence-corrected chi connectivity index (χ4v) is 2.55. The summed E-state index contributed by atoms with van der Waals surface area (Å²) in [5, 5.41) is 8.11. The molecule has 0 radical (unpaired) electrons. The van der Waals surface area contributed by atoms with Gasteiger partial charge in [-0.25, -0.2) is 4.79 Å². The van der Waals surface area contributed by atoms with E-state index in [0.717, 1.165) is 5.56 Å². The van der Waals surface area contributed by atoms with Crippen LogP contribution in [0.5, 0.6) is 5.75 Å². The Morgan fingerprint density at radius 2 is 1.88 bits per heavy atom. The standard InChI is InChI=1S/C18H30N4O3/c1-12(2)15(22(4)5)10-19-18(24)20-11-17(23)21-14-9-13(3)7-8-16(14)25-6/h7-9,12,15H,10-11H2,1-6H3,(H,21,23)(H2,19,20,24)/t15-/m1/s1. The van der Waals surface area contributed by atoms with Crippen molar-refractivity contribution in [3.05, 3.63) is 23.8 Å². The van der Waals surface area contributed by atoms with Gasteiger partial charge in [0.15, 0.2) is 0 Å².